The van der Waals surface area contributed by atoms with Crippen molar-refractivity contribution in [2.75, 3.05) is 11.8 Å². The molecule has 1 aromatic heterocycles. The Hall–Kier alpha value is -3.59. The molecular weight excluding hydrogens is 392 g/mol. The number of hydrogen-bond donors (Lipinski definition) is 3. The van der Waals surface area contributed by atoms with Gasteiger partial charge in [-0.15, -0.1) is 0 Å². The van der Waals surface area contributed by atoms with Gasteiger partial charge in [-0.05, 0) is 49.4 Å². The maximum absolute atomic E-state index is 12.7. The van der Waals surface area contributed by atoms with Crippen LogP contribution in [0.2, 0.25) is 0 Å². The van der Waals surface area contributed by atoms with Crippen molar-refractivity contribution in [1.82, 2.24) is 10.4 Å². The van der Waals surface area contributed by atoms with Gasteiger partial charge >= 0.3 is 0 Å². The molecule has 1 amide bonds. The van der Waals surface area contributed by atoms with E-state index in [4.69, 9.17) is 4.74 Å². The number of H-pyrrole nitrogens is 1. The molecule has 2 aromatic carbocycles. The first-order valence-electron chi connectivity index (χ1n) is 8.65. The number of carbonyl (C=O) groups is 1. The first-order valence-corrected chi connectivity index (χ1v) is 10.1. The number of aromatic nitrogens is 1. The van der Waals surface area contributed by atoms with Crippen molar-refractivity contribution in [1.29, 1.82) is 0 Å². The molecule has 3 N–H and O–H groups in total. The highest BCUT2D eigenvalue weighted by atomic mass is 32.2. The van der Waals surface area contributed by atoms with Gasteiger partial charge in [0.25, 0.3) is 15.9 Å². The lowest BCUT2D eigenvalue weighted by molar-refractivity contribution is 0.0954. The van der Waals surface area contributed by atoms with Gasteiger partial charge in [0, 0.05) is 11.8 Å². The van der Waals surface area contributed by atoms with E-state index in [1.165, 1.54) is 31.4 Å². The molecule has 150 valence electrons. The number of carbonyl (C=O) groups excluding carboxylic acids is 1. The van der Waals surface area contributed by atoms with Crippen LogP contribution in [-0.2, 0) is 10.0 Å². The summed E-state index contributed by atoms with van der Waals surface area (Å²) in [5, 5.41) is 4.03. The molecule has 29 heavy (non-hydrogen) atoms. The standard InChI is InChI=1S/C20H20N4O4S/c1-14(17-10-6-12-21-17)22-23-20(25)15-7-5-8-16(13-15)29(26,27)24-18-9-3-4-11-19(18)28-2/h3-13,21,24H,1-2H3,(H,23,25)/b22-14+. The average molecular weight is 412 g/mol. The highest BCUT2D eigenvalue weighted by Gasteiger charge is 2.18. The minimum Gasteiger partial charge on any atom is -0.495 e. The Kier molecular flexibility index (Phi) is 5.99. The minimum absolute atomic E-state index is 0.0545. The van der Waals surface area contributed by atoms with Crippen LogP contribution in [0.4, 0.5) is 5.69 Å². The second-order valence-corrected chi connectivity index (χ2v) is 7.74. The molecule has 0 unspecified atom stereocenters. The monoisotopic (exact) mass is 412 g/mol. The largest absolute Gasteiger partial charge is 0.495 e. The van der Waals surface area contributed by atoms with E-state index in [0.29, 0.717) is 17.1 Å². The fourth-order valence-electron chi connectivity index (χ4n) is 2.55. The van der Waals surface area contributed by atoms with Crippen LogP contribution in [0.3, 0.4) is 0 Å². The number of hydrazone groups is 1. The van der Waals surface area contributed by atoms with Crippen molar-refractivity contribution in [3.05, 3.63) is 78.1 Å². The van der Waals surface area contributed by atoms with Crippen LogP contribution in [0.1, 0.15) is 23.0 Å². The summed E-state index contributed by atoms with van der Waals surface area (Å²) in [7, 11) is -2.47. The number of amides is 1. The van der Waals surface area contributed by atoms with Crippen LogP contribution in [0.15, 0.2) is 76.9 Å². The predicted octanol–water partition coefficient (Wildman–Crippen LogP) is 2.98. The third kappa shape index (κ3) is 4.82. The minimum atomic E-state index is -3.92. The maximum atomic E-state index is 12.7. The molecule has 0 atom stereocenters. The van der Waals surface area contributed by atoms with Crippen LogP contribution >= 0.6 is 0 Å². The molecule has 0 aliphatic rings. The van der Waals surface area contributed by atoms with E-state index in [0.717, 1.165) is 5.69 Å². The highest BCUT2D eigenvalue weighted by molar-refractivity contribution is 7.92. The molecule has 0 bridgehead atoms. The molecule has 1 heterocycles. The fourth-order valence-corrected chi connectivity index (χ4v) is 3.67. The van der Waals surface area contributed by atoms with Gasteiger partial charge in [-0.2, -0.15) is 5.10 Å². The molecule has 0 aliphatic heterocycles. The zero-order chi connectivity index (χ0) is 20.9. The highest BCUT2D eigenvalue weighted by Crippen LogP contribution is 2.26. The van der Waals surface area contributed by atoms with E-state index >= 15 is 0 Å². The van der Waals surface area contributed by atoms with Gasteiger partial charge in [0.15, 0.2) is 0 Å². The van der Waals surface area contributed by atoms with Gasteiger partial charge in [0.2, 0.25) is 0 Å². The number of rotatable bonds is 7. The van der Waals surface area contributed by atoms with E-state index in [1.54, 1.807) is 37.4 Å². The molecule has 0 fully saturated rings. The lowest BCUT2D eigenvalue weighted by atomic mass is 10.2. The van der Waals surface area contributed by atoms with Gasteiger partial charge in [-0.3, -0.25) is 9.52 Å². The number of aromatic amines is 1. The van der Waals surface area contributed by atoms with Crippen molar-refractivity contribution < 1.29 is 17.9 Å². The summed E-state index contributed by atoms with van der Waals surface area (Å²) in [6.45, 7) is 1.74. The number of para-hydroxylation sites is 2. The van der Waals surface area contributed by atoms with E-state index in [1.807, 2.05) is 12.1 Å². The Morgan fingerprint density at radius 3 is 2.59 bits per heavy atom. The third-order valence-electron chi connectivity index (χ3n) is 4.07. The first kappa shape index (κ1) is 20.2. The number of hydrogen-bond acceptors (Lipinski definition) is 5. The zero-order valence-electron chi connectivity index (χ0n) is 15.8. The van der Waals surface area contributed by atoms with E-state index < -0.39 is 15.9 Å². The summed E-state index contributed by atoms with van der Waals surface area (Å²) in [6, 6.07) is 16.0. The van der Waals surface area contributed by atoms with Gasteiger partial charge in [-0.25, -0.2) is 13.8 Å². The van der Waals surface area contributed by atoms with E-state index in [-0.39, 0.29) is 10.5 Å². The average Bonchev–Trinajstić information content (AvgIpc) is 3.27. The Morgan fingerprint density at radius 1 is 1.07 bits per heavy atom. The molecule has 0 saturated heterocycles. The number of anilines is 1. The SMILES string of the molecule is COc1ccccc1NS(=O)(=O)c1cccc(C(=O)N/N=C(\C)c2ccc[nH]2)c1. The Morgan fingerprint density at radius 2 is 1.86 bits per heavy atom. The van der Waals surface area contributed by atoms with Crippen molar-refractivity contribution in [2.24, 2.45) is 5.10 Å². The Labute approximate surface area is 168 Å². The smallest absolute Gasteiger partial charge is 0.271 e. The van der Waals surface area contributed by atoms with Crippen molar-refractivity contribution in [3.63, 3.8) is 0 Å². The molecule has 9 heteroatoms. The molecule has 8 nitrogen and oxygen atoms in total. The van der Waals surface area contributed by atoms with Gasteiger partial charge < -0.3 is 9.72 Å². The summed E-state index contributed by atoms with van der Waals surface area (Å²) >= 11 is 0. The number of sulfonamides is 1. The van der Waals surface area contributed by atoms with Crippen molar-refractivity contribution in [3.8, 4) is 5.75 Å². The second-order valence-electron chi connectivity index (χ2n) is 6.06. The Bertz CT molecular complexity index is 1140. The topological polar surface area (TPSA) is 113 Å². The van der Waals surface area contributed by atoms with Crippen LogP contribution in [0, 0.1) is 0 Å². The van der Waals surface area contributed by atoms with E-state index in [2.05, 4.69) is 20.2 Å². The summed E-state index contributed by atoms with van der Waals surface area (Å²) in [6.07, 6.45) is 1.75. The van der Waals surface area contributed by atoms with Crippen LogP contribution < -0.4 is 14.9 Å². The molecule has 0 radical (unpaired) electrons. The van der Waals surface area contributed by atoms with Gasteiger partial charge in [0.05, 0.1) is 29.1 Å². The van der Waals surface area contributed by atoms with Crippen molar-refractivity contribution in [2.45, 2.75) is 11.8 Å². The summed E-state index contributed by atoms with van der Waals surface area (Å²) in [5.74, 6) is -0.135. The lowest BCUT2D eigenvalue weighted by Gasteiger charge is -2.12. The van der Waals surface area contributed by atoms with Gasteiger partial charge in [0.1, 0.15) is 5.75 Å². The van der Waals surface area contributed by atoms with E-state index in [9.17, 15) is 13.2 Å². The summed E-state index contributed by atoms with van der Waals surface area (Å²) in [4.78, 5) is 15.3. The van der Waals surface area contributed by atoms with Gasteiger partial charge in [-0.1, -0.05) is 18.2 Å². The molecule has 0 saturated carbocycles. The lowest BCUT2D eigenvalue weighted by Crippen LogP contribution is -2.20. The fraction of sp³-hybridized carbons (Fsp3) is 0.100. The second kappa shape index (κ2) is 8.61. The molecule has 0 spiro atoms. The molecule has 3 aromatic rings. The number of benzene rings is 2. The quantitative estimate of drug-likeness (QED) is 0.409. The first-order chi connectivity index (χ1) is 13.9. The zero-order valence-corrected chi connectivity index (χ0v) is 16.7. The summed E-state index contributed by atoms with van der Waals surface area (Å²) in [5.41, 5.74) is 4.25. The van der Waals surface area contributed by atoms with Crippen LogP contribution in [0.25, 0.3) is 0 Å². The molecular formula is C20H20N4O4S. The van der Waals surface area contributed by atoms with Crippen LogP contribution in [0.5, 0.6) is 5.75 Å². The van der Waals surface area contributed by atoms with Crippen LogP contribution in [-0.4, -0.2) is 32.1 Å². The number of methoxy groups -OCH3 is 1. The molecule has 0 aliphatic carbocycles. The number of nitrogens with one attached hydrogen (secondary N) is 3. The Balaban J connectivity index is 1.79. The number of ether oxygens (including phenoxy) is 1. The third-order valence-corrected chi connectivity index (χ3v) is 5.43. The number of nitrogens with zero attached hydrogens (tertiary/aromatic N) is 1. The predicted molar refractivity (Wildman–Crippen MR) is 111 cm³/mol. The molecule has 3 rings (SSSR count). The van der Waals surface area contributed by atoms with Crippen molar-refractivity contribution >= 4 is 27.3 Å². The summed E-state index contributed by atoms with van der Waals surface area (Å²) < 4.78 is 33.1. The maximum Gasteiger partial charge on any atom is 0.271 e. The normalized spacial score (nSPS) is 11.7.